The van der Waals surface area contributed by atoms with Gasteiger partial charge in [-0.2, -0.15) is 0 Å². The van der Waals surface area contributed by atoms with Gasteiger partial charge in [-0.05, 0) is 49.1 Å². The number of aryl methyl sites for hydroxylation is 1. The van der Waals surface area contributed by atoms with E-state index in [1.807, 2.05) is 16.7 Å². The first-order valence-corrected chi connectivity index (χ1v) is 15.0. The summed E-state index contributed by atoms with van der Waals surface area (Å²) in [5, 5.41) is 0.536. The maximum atomic E-state index is 14.0. The fourth-order valence-corrected chi connectivity index (χ4v) is 6.62. The van der Waals surface area contributed by atoms with E-state index < -0.39 is 26.5 Å². The van der Waals surface area contributed by atoms with Gasteiger partial charge >= 0.3 is 0 Å². The number of sulfone groups is 1. The summed E-state index contributed by atoms with van der Waals surface area (Å²) >= 11 is 4.12. The quantitative estimate of drug-likeness (QED) is 0.447. The van der Waals surface area contributed by atoms with E-state index in [0.717, 1.165) is 11.1 Å². The maximum Gasteiger partial charge on any atom is 0.238 e. The minimum absolute atomic E-state index is 0.0426. The Morgan fingerprint density at radius 2 is 1.97 bits per heavy atom. The van der Waals surface area contributed by atoms with Crippen LogP contribution in [0, 0.1) is 0 Å². The number of anilines is 1. The van der Waals surface area contributed by atoms with Crippen LogP contribution in [0.1, 0.15) is 30.7 Å². The smallest absolute Gasteiger partial charge is 0.238 e. The van der Waals surface area contributed by atoms with Crippen LogP contribution < -0.4 is 4.90 Å². The number of carbonyl (C=O) groups is 1. The minimum atomic E-state index is -3.12. The number of imidazole rings is 1. The Hall–Kier alpha value is -2.38. The molecule has 0 saturated carbocycles. The highest BCUT2D eigenvalue weighted by Crippen LogP contribution is 2.48. The number of benzene rings is 1. The van der Waals surface area contributed by atoms with Gasteiger partial charge in [-0.15, -0.1) is 0 Å². The first-order valence-electron chi connectivity index (χ1n) is 11.5. The lowest BCUT2D eigenvalue weighted by Crippen LogP contribution is -2.49. The van der Waals surface area contributed by atoms with Crippen LogP contribution in [0.3, 0.4) is 0 Å². The van der Waals surface area contributed by atoms with Gasteiger partial charge in [0.05, 0.1) is 40.6 Å². The highest BCUT2D eigenvalue weighted by molar-refractivity contribution is 7.90. The monoisotopic (exact) mass is 551 g/mol. The molecule has 3 aromatic rings. The normalized spacial score (nSPS) is 18.8. The Morgan fingerprint density at radius 3 is 2.67 bits per heavy atom. The average Bonchev–Trinajstić information content (AvgIpc) is 3.27. The van der Waals surface area contributed by atoms with E-state index in [4.69, 9.17) is 16.6 Å². The van der Waals surface area contributed by atoms with Gasteiger partial charge in [0.2, 0.25) is 17.2 Å². The highest BCUT2D eigenvalue weighted by Gasteiger charge is 2.52. The van der Waals surface area contributed by atoms with Gasteiger partial charge < -0.3 is 9.47 Å². The SMILES string of the molecule is CS(=O)(=O)CCCn1c(CN2C(=O)C3(CCN(S(=O)O)CC3)c3ccncc32)nc2cc(Cl)ccc21. The molecule has 2 aliphatic rings. The number of halogens is 1. The molecule has 13 heteroatoms. The van der Waals surface area contributed by atoms with Crippen molar-refractivity contribution in [3.8, 4) is 0 Å². The third-order valence-corrected chi connectivity index (χ3v) is 9.12. The van der Waals surface area contributed by atoms with Gasteiger partial charge in [0.25, 0.3) is 0 Å². The van der Waals surface area contributed by atoms with Crippen LogP contribution in [-0.4, -0.2) is 67.0 Å². The average molecular weight is 552 g/mol. The fourth-order valence-electron chi connectivity index (χ4n) is 5.30. The molecule has 4 heterocycles. The predicted molar refractivity (Wildman–Crippen MR) is 138 cm³/mol. The van der Waals surface area contributed by atoms with E-state index in [1.165, 1.54) is 10.6 Å². The summed E-state index contributed by atoms with van der Waals surface area (Å²) in [6, 6.07) is 7.22. The van der Waals surface area contributed by atoms with E-state index >= 15 is 0 Å². The topological polar surface area (TPSA) is 126 Å². The molecule has 5 rings (SSSR count). The van der Waals surface area contributed by atoms with Gasteiger partial charge in [-0.3, -0.25) is 14.3 Å². The summed E-state index contributed by atoms with van der Waals surface area (Å²) in [6.07, 6.45) is 5.80. The van der Waals surface area contributed by atoms with Gasteiger partial charge in [0, 0.05) is 37.1 Å². The molecule has 192 valence electrons. The molecule has 0 aliphatic carbocycles. The van der Waals surface area contributed by atoms with Crippen molar-refractivity contribution in [2.24, 2.45) is 0 Å². The van der Waals surface area contributed by atoms with E-state index in [2.05, 4.69) is 4.98 Å². The van der Waals surface area contributed by atoms with Crippen molar-refractivity contribution in [2.45, 2.75) is 37.8 Å². The van der Waals surface area contributed by atoms with Crippen molar-refractivity contribution in [3.05, 3.63) is 53.1 Å². The van der Waals surface area contributed by atoms with Crippen LogP contribution in [0.4, 0.5) is 5.69 Å². The molecule has 36 heavy (non-hydrogen) atoms. The maximum absolute atomic E-state index is 14.0. The second-order valence-electron chi connectivity index (χ2n) is 9.32. The third-order valence-electron chi connectivity index (χ3n) is 7.04. The Labute approximate surface area is 216 Å². The molecule has 1 saturated heterocycles. The molecule has 2 aromatic heterocycles. The van der Waals surface area contributed by atoms with Crippen LogP contribution in [-0.2, 0) is 44.4 Å². The minimum Gasteiger partial charge on any atom is -0.326 e. The fraction of sp³-hybridized carbons (Fsp3) is 0.435. The number of hydrogen-bond donors (Lipinski definition) is 1. The Kier molecular flexibility index (Phi) is 6.66. The van der Waals surface area contributed by atoms with Gasteiger partial charge in [0.15, 0.2) is 0 Å². The van der Waals surface area contributed by atoms with Crippen molar-refractivity contribution < 1.29 is 22.0 Å². The predicted octanol–water partition coefficient (Wildman–Crippen LogP) is 2.54. The van der Waals surface area contributed by atoms with Crippen LogP contribution in [0.5, 0.6) is 0 Å². The third kappa shape index (κ3) is 4.56. The first kappa shape index (κ1) is 25.3. The van der Waals surface area contributed by atoms with Crippen LogP contribution in [0.25, 0.3) is 11.0 Å². The summed E-state index contributed by atoms with van der Waals surface area (Å²) in [6.45, 7) is 1.25. The molecule has 1 amide bonds. The number of pyridine rings is 1. The summed E-state index contributed by atoms with van der Waals surface area (Å²) in [4.78, 5) is 24.6. The Morgan fingerprint density at radius 1 is 1.22 bits per heavy atom. The van der Waals surface area contributed by atoms with Crippen LogP contribution >= 0.6 is 11.6 Å². The van der Waals surface area contributed by atoms with Crippen LogP contribution in [0.2, 0.25) is 5.02 Å². The number of fused-ring (bicyclic) bond motifs is 3. The number of carbonyl (C=O) groups excluding carboxylic acids is 1. The number of hydrogen-bond acceptors (Lipinski definition) is 6. The molecule has 0 radical (unpaired) electrons. The molecule has 1 spiro atoms. The molecule has 2 aliphatic heterocycles. The molecular weight excluding hydrogens is 526 g/mol. The van der Waals surface area contributed by atoms with Crippen molar-refractivity contribution in [2.75, 3.05) is 30.0 Å². The second kappa shape index (κ2) is 9.49. The second-order valence-corrected chi connectivity index (χ2v) is 13.0. The van der Waals surface area contributed by atoms with E-state index in [-0.39, 0.29) is 18.2 Å². The van der Waals surface area contributed by atoms with Crippen molar-refractivity contribution in [3.63, 3.8) is 0 Å². The van der Waals surface area contributed by atoms with E-state index in [1.54, 1.807) is 29.4 Å². The molecule has 1 fully saturated rings. The summed E-state index contributed by atoms with van der Waals surface area (Å²) in [5.41, 5.74) is 2.27. The first-order chi connectivity index (χ1) is 17.1. The molecule has 1 atom stereocenters. The number of piperidine rings is 1. The molecular formula is C23H26ClN5O5S2. The van der Waals surface area contributed by atoms with Gasteiger partial charge in [-0.1, -0.05) is 11.6 Å². The molecule has 1 N–H and O–H groups in total. The molecule has 10 nitrogen and oxygen atoms in total. The van der Waals surface area contributed by atoms with Gasteiger partial charge in [0.1, 0.15) is 15.7 Å². The van der Waals surface area contributed by atoms with Gasteiger partial charge in [-0.25, -0.2) is 21.9 Å². The largest absolute Gasteiger partial charge is 0.326 e. The van der Waals surface area contributed by atoms with E-state index in [9.17, 15) is 22.0 Å². The molecule has 0 bridgehead atoms. The highest BCUT2D eigenvalue weighted by atomic mass is 35.5. The standard InChI is InChI=1S/C23H26ClN5O5S2/c1-36(33,34)12-2-9-28-19-4-3-16(24)13-18(19)26-21(28)15-29-20-14-25-8-5-17(20)23(22(29)30)6-10-27(11-7-23)35(31)32/h3-5,8,13-14H,2,6-7,9-12,15H2,1H3,(H,31,32). The Balaban J connectivity index is 1.50. The summed E-state index contributed by atoms with van der Waals surface area (Å²) < 4.78 is 47.9. The van der Waals surface area contributed by atoms with E-state index in [0.29, 0.717) is 60.9 Å². The lowest BCUT2D eigenvalue weighted by Gasteiger charge is -2.36. The zero-order valence-corrected chi connectivity index (χ0v) is 22.0. The Bertz CT molecular complexity index is 1470. The number of aromatic nitrogens is 3. The van der Waals surface area contributed by atoms with Crippen molar-refractivity contribution in [1.29, 1.82) is 0 Å². The summed E-state index contributed by atoms with van der Waals surface area (Å²) in [5.74, 6) is 0.581. The van der Waals surface area contributed by atoms with Crippen molar-refractivity contribution >= 4 is 55.3 Å². The zero-order chi connectivity index (χ0) is 25.7. The lowest BCUT2D eigenvalue weighted by molar-refractivity contribution is -0.124. The number of nitrogens with zero attached hydrogens (tertiary/aromatic N) is 5. The molecule has 1 aromatic carbocycles. The number of rotatable bonds is 7. The zero-order valence-electron chi connectivity index (χ0n) is 19.6. The molecule has 1 unspecified atom stereocenters. The van der Waals surface area contributed by atoms with Crippen molar-refractivity contribution in [1.82, 2.24) is 18.8 Å². The van der Waals surface area contributed by atoms with Crippen LogP contribution in [0.15, 0.2) is 36.7 Å². The number of amides is 1. The lowest BCUT2D eigenvalue weighted by atomic mass is 9.74. The summed E-state index contributed by atoms with van der Waals surface area (Å²) in [7, 11) is -3.12.